The molecule has 8 nitrogen and oxygen atoms in total. The highest BCUT2D eigenvalue weighted by molar-refractivity contribution is 7.89. The van der Waals surface area contributed by atoms with E-state index in [4.69, 9.17) is 9.26 Å². The highest BCUT2D eigenvalue weighted by Crippen LogP contribution is 2.21. The monoisotopic (exact) mass is 421 g/mol. The Kier molecular flexibility index (Phi) is 6.59. The Morgan fingerprint density at radius 3 is 2.34 bits per heavy atom. The number of carbonyl (C=O) groups excluding carboxylic acids is 1. The Balaban J connectivity index is 1.55. The fraction of sp³-hybridized carbons (Fsp3) is 0.500. The maximum Gasteiger partial charge on any atom is 0.243 e. The molecule has 9 heteroatoms. The van der Waals surface area contributed by atoms with E-state index in [0.717, 1.165) is 17.0 Å². The summed E-state index contributed by atoms with van der Waals surface area (Å²) in [6.45, 7) is 7.44. The molecule has 1 aliphatic rings. The summed E-state index contributed by atoms with van der Waals surface area (Å²) < 4.78 is 37.6. The van der Waals surface area contributed by atoms with Gasteiger partial charge in [0.05, 0.1) is 17.2 Å². The number of ether oxygens (including phenoxy) is 1. The van der Waals surface area contributed by atoms with Gasteiger partial charge in [0.1, 0.15) is 11.5 Å². The molecule has 2 aromatic rings. The quantitative estimate of drug-likeness (QED) is 0.680. The van der Waals surface area contributed by atoms with Gasteiger partial charge in [-0.15, -0.1) is 0 Å². The number of carbonyl (C=O) groups is 1. The predicted molar refractivity (Wildman–Crippen MR) is 107 cm³/mol. The third kappa shape index (κ3) is 4.79. The van der Waals surface area contributed by atoms with Gasteiger partial charge in [-0.05, 0) is 51.5 Å². The Hall–Kier alpha value is -2.39. The molecule has 1 fully saturated rings. The van der Waals surface area contributed by atoms with Crippen LogP contribution in [0.1, 0.15) is 30.4 Å². The lowest BCUT2D eigenvalue weighted by molar-refractivity contribution is -0.132. The maximum atomic E-state index is 12.9. The Bertz CT molecular complexity index is 925. The summed E-state index contributed by atoms with van der Waals surface area (Å²) in [4.78, 5) is 14.5. The lowest BCUT2D eigenvalue weighted by atomic mass is 10.1. The van der Waals surface area contributed by atoms with Gasteiger partial charge in [0.15, 0.2) is 0 Å². The molecule has 0 radical (unpaired) electrons. The molecule has 0 aliphatic carbocycles. The van der Waals surface area contributed by atoms with Crippen LogP contribution in [0.5, 0.6) is 5.75 Å². The Morgan fingerprint density at radius 1 is 1.14 bits per heavy atom. The molecular weight excluding hydrogens is 394 g/mol. The van der Waals surface area contributed by atoms with Crippen LogP contribution in [-0.4, -0.2) is 61.5 Å². The van der Waals surface area contributed by atoms with Crippen LogP contribution in [0.4, 0.5) is 0 Å². The van der Waals surface area contributed by atoms with Gasteiger partial charge < -0.3 is 14.2 Å². The molecule has 0 atom stereocenters. The Labute approximate surface area is 171 Å². The van der Waals surface area contributed by atoms with Gasteiger partial charge in [-0.3, -0.25) is 4.79 Å². The van der Waals surface area contributed by atoms with Crippen molar-refractivity contribution in [2.75, 3.05) is 32.8 Å². The number of benzene rings is 1. The molecule has 0 unspecified atom stereocenters. The van der Waals surface area contributed by atoms with Crippen LogP contribution in [-0.2, 0) is 21.2 Å². The first-order valence-corrected chi connectivity index (χ1v) is 11.2. The summed E-state index contributed by atoms with van der Waals surface area (Å²) in [5.41, 5.74) is 1.77. The summed E-state index contributed by atoms with van der Waals surface area (Å²) >= 11 is 0. The number of hydrogen-bond donors (Lipinski definition) is 0. The zero-order valence-electron chi connectivity index (χ0n) is 17.1. The number of aromatic nitrogens is 1. The second-order valence-electron chi connectivity index (χ2n) is 6.99. The fourth-order valence-corrected chi connectivity index (χ4v) is 4.87. The smallest absolute Gasteiger partial charge is 0.243 e. The highest BCUT2D eigenvalue weighted by Gasteiger charge is 2.30. The lowest BCUT2D eigenvalue weighted by Gasteiger charge is -2.34. The van der Waals surface area contributed by atoms with E-state index in [-0.39, 0.29) is 23.9 Å². The molecule has 1 saturated heterocycles. The molecule has 2 heterocycles. The second kappa shape index (κ2) is 8.96. The van der Waals surface area contributed by atoms with Crippen molar-refractivity contribution in [3.05, 3.63) is 41.3 Å². The van der Waals surface area contributed by atoms with Crippen molar-refractivity contribution in [1.82, 2.24) is 14.4 Å². The first-order valence-electron chi connectivity index (χ1n) is 9.75. The van der Waals surface area contributed by atoms with Gasteiger partial charge >= 0.3 is 0 Å². The minimum absolute atomic E-state index is 0.0168. The third-order valence-electron chi connectivity index (χ3n) is 5.13. The third-order valence-corrected chi connectivity index (χ3v) is 7.05. The van der Waals surface area contributed by atoms with Crippen molar-refractivity contribution in [1.29, 1.82) is 0 Å². The molecule has 158 valence electrons. The molecule has 0 bridgehead atoms. The second-order valence-corrected chi connectivity index (χ2v) is 8.93. The normalized spacial score (nSPS) is 15.5. The van der Waals surface area contributed by atoms with Gasteiger partial charge in [-0.2, -0.15) is 4.31 Å². The predicted octanol–water partition coefficient (Wildman–Crippen LogP) is 2.16. The average molecular weight is 422 g/mol. The fourth-order valence-electron chi connectivity index (χ4n) is 3.45. The molecule has 1 aromatic heterocycles. The molecule has 3 rings (SSSR count). The molecule has 1 amide bonds. The molecule has 0 N–H and O–H groups in total. The first-order chi connectivity index (χ1) is 13.8. The molecule has 0 saturated carbocycles. The summed E-state index contributed by atoms with van der Waals surface area (Å²) in [5.74, 6) is 1.39. The lowest BCUT2D eigenvalue weighted by Crippen LogP contribution is -2.50. The van der Waals surface area contributed by atoms with E-state index in [1.54, 1.807) is 29.2 Å². The van der Waals surface area contributed by atoms with E-state index >= 15 is 0 Å². The maximum absolute atomic E-state index is 12.9. The molecule has 0 spiro atoms. The van der Waals surface area contributed by atoms with Crippen LogP contribution in [0, 0.1) is 13.8 Å². The van der Waals surface area contributed by atoms with Crippen LogP contribution >= 0.6 is 0 Å². The van der Waals surface area contributed by atoms with Crippen molar-refractivity contribution in [3.8, 4) is 5.75 Å². The van der Waals surface area contributed by atoms with Crippen molar-refractivity contribution < 1.29 is 22.5 Å². The van der Waals surface area contributed by atoms with Gasteiger partial charge in [-0.1, -0.05) is 5.16 Å². The molecule has 29 heavy (non-hydrogen) atoms. The summed E-state index contributed by atoms with van der Waals surface area (Å²) in [5, 5.41) is 3.91. The van der Waals surface area contributed by atoms with Gasteiger partial charge in [0, 0.05) is 38.2 Å². The van der Waals surface area contributed by atoms with E-state index < -0.39 is 10.0 Å². The van der Waals surface area contributed by atoms with Crippen molar-refractivity contribution in [3.63, 3.8) is 0 Å². The van der Waals surface area contributed by atoms with E-state index in [1.165, 1.54) is 4.31 Å². The summed E-state index contributed by atoms with van der Waals surface area (Å²) in [6, 6.07) is 6.43. The van der Waals surface area contributed by atoms with Crippen LogP contribution < -0.4 is 4.74 Å². The molecule has 1 aliphatic heterocycles. The summed E-state index contributed by atoms with van der Waals surface area (Å²) in [7, 11) is -3.58. The van der Waals surface area contributed by atoms with Crippen molar-refractivity contribution >= 4 is 15.9 Å². The zero-order chi connectivity index (χ0) is 21.0. The molecule has 1 aromatic carbocycles. The van der Waals surface area contributed by atoms with Gasteiger partial charge in [0.25, 0.3) is 0 Å². The number of rotatable bonds is 7. The SMILES string of the molecule is CCOc1ccc(S(=O)(=O)N2CCN(C(=O)CCc3c(C)noc3C)CC2)cc1. The molecular formula is C20H27N3O5S. The number of hydrogen-bond acceptors (Lipinski definition) is 6. The minimum Gasteiger partial charge on any atom is -0.494 e. The highest BCUT2D eigenvalue weighted by atomic mass is 32.2. The number of amides is 1. The first kappa shape index (κ1) is 21.3. The van der Waals surface area contributed by atoms with E-state index in [2.05, 4.69) is 5.16 Å². The van der Waals surface area contributed by atoms with Crippen LogP contribution in [0.3, 0.4) is 0 Å². The zero-order valence-corrected chi connectivity index (χ0v) is 17.9. The Morgan fingerprint density at radius 2 is 1.79 bits per heavy atom. The van der Waals surface area contributed by atoms with E-state index in [1.807, 2.05) is 20.8 Å². The standard InChI is InChI=1S/C20H27N3O5S/c1-4-27-17-5-7-18(8-6-17)29(25,26)23-13-11-22(12-14-23)20(24)10-9-19-15(2)21-28-16(19)3/h5-8H,4,9-14H2,1-3H3. The van der Waals surface area contributed by atoms with Crippen molar-refractivity contribution in [2.45, 2.75) is 38.5 Å². The van der Waals surface area contributed by atoms with Crippen LogP contribution in [0.2, 0.25) is 0 Å². The minimum atomic E-state index is -3.58. The van der Waals surface area contributed by atoms with Crippen molar-refractivity contribution in [2.24, 2.45) is 0 Å². The van der Waals surface area contributed by atoms with Crippen LogP contribution in [0.15, 0.2) is 33.7 Å². The van der Waals surface area contributed by atoms with E-state index in [9.17, 15) is 13.2 Å². The number of piperazine rings is 1. The van der Waals surface area contributed by atoms with Gasteiger partial charge in [0.2, 0.25) is 15.9 Å². The largest absolute Gasteiger partial charge is 0.494 e. The number of aryl methyl sites for hydroxylation is 2. The average Bonchev–Trinajstić information content (AvgIpc) is 3.04. The topological polar surface area (TPSA) is 93.0 Å². The van der Waals surface area contributed by atoms with Crippen LogP contribution in [0.25, 0.3) is 0 Å². The van der Waals surface area contributed by atoms with Gasteiger partial charge in [-0.25, -0.2) is 8.42 Å². The number of nitrogens with zero attached hydrogens (tertiary/aromatic N) is 3. The summed E-state index contributed by atoms with van der Waals surface area (Å²) in [6.07, 6.45) is 0.930. The van der Waals surface area contributed by atoms with E-state index in [0.29, 0.717) is 38.3 Å². The number of sulfonamides is 1.